The van der Waals surface area contributed by atoms with Crippen LogP contribution in [0, 0.1) is 12.8 Å². The van der Waals surface area contributed by atoms with Gasteiger partial charge in [-0.2, -0.15) is 0 Å². The van der Waals surface area contributed by atoms with Crippen LogP contribution in [0.15, 0.2) is 10.5 Å². The van der Waals surface area contributed by atoms with Gasteiger partial charge in [-0.15, -0.1) is 0 Å². The number of rotatable bonds is 6. The molecule has 0 atom stereocenters. The standard InChI is InChI=1S/C18H32N2O/c1-14-10-16(21-17(14)11-19-18(2,3)4)13-20(5)12-15-8-6-7-9-15/h10,15,19H,6-9,11-13H2,1-5H3. The van der Waals surface area contributed by atoms with E-state index in [1.54, 1.807) is 0 Å². The van der Waals surface area contributed by atoms with Crippen LogP contribution < -0.4 is 5.32 Å². The first-order valence-electron chi connectivity index (χ1n) is 8.35. The van der Waals surface area contributed by atoms with E-state index >= 15 is 0 Å². The maximum absolute atomic E-state index is 6.04. The molecule has 2 rings (SSSR count). The summed E-state index contributed by atoms with van der Waals surface area (Å²) in [6, 6.07) is 2.20. The van der Waals surface area contributed by atoms with E-state index in [4.69, 9.17) is 4.42 Å². The lowest BCUT2D eigenvalue weighted by atomic mass is 10.1. The van der Waals surface area contributed by atoms with Crippen LogP contribution in [0.25, 0.3) is 0 Å². The molecule has 0 aromatic carbocycles. The van der Waals surface area contributed by atoms with Crippen LogP contribution in [0.5, 0.6) is 0 Å². The predicted octanol–water partition coefficient (Wildman–Crippen LogP) is 4.10. The Hall–Kier alpha value is -0.800. The molecule has 1 fully saturated rings. The van der Waals surface area contributed by atoms with E-state index in [1.165, 1.54) is 37.8 Å². The molecule has 1 aliphatic rings. The second-order valence-corrected chi connectivity index (χ2v) is 7.77. The molecule has 3 heteroatoms. The molecule has 0 bridgehead atoms. The van der Waals surface area contributed by atoms with Gasteiger partial charge in [0.2, 0.25) is 0 Å². The Morgan fingerprint density at radius 2 is 1.95 bits per heavy atom. The van der Waals surface area contributed by atoms with Gasteiger partial charge in [0.1, 0.15) is 11.5 Å². The molecule has 1 heterocycles. The van der Waals surface area contributed by atoms with Crippen molar-refractivity contribution in [2.75, 3.05) is 13.6 Å². The number of hydrogen-bond acceptors (Lipinski definition) is 3. The molecule has 0 unspecified atom stereocenters. The van der Waals surface area contributed by atoms with E-state index < -0.39 is 0 Å². The Morgan fingerprint density at radius 1 is 1.29 bits per heavy atom. The zero-order valence-electron chi connectivity index (χ0n) is 14.5. The zero-order chi connectivity index (χ0) is 15.5. The van der Waals surface area contributed by atoms with E-state index in [1.807, 2.05) is 0 Å². The van der Waals surface area contributed by atoms with Gasteiger partial charge in [-0.25, -0.2) is 0 Å². The highest BCUT2D eigenvalue weighted by Crippen LogP contribution is 2.26. The number of nitrogens with one attached hydrogen (secondary N) is 1. The molecule has 1 aliphatic carbocycles. The lowest BCUT2D eigenvalue weighted by Gasteiger charge is -2.20. The van der Waals surface area contributed by atoms with Crippen LogP contribution in [0.3, 0.4) is 0 Å². The van der Waals surface area contributed by atoms with Crippen molar-refractivity contribution in [2.45, 2.75) is 72.0 Å². The highest BCUT2D eigenvalue weighted by atomic mass is 16.3. The maximum atomic E-state index is 6.04. The van der Waals surface area contributed by atoms with Crippen molar-refractivity contribution in [1.82, 2.24) is 10.2 Å². The quantitative estimate of drug-likeness (QED) is 0.855. The molecule has 3 nitrogen and oxygen atoms in total. The van der Waals surface area contributed by atoms with Crippen LogP contribution in [0.1, 0.15) is 63.5 Å². The lowest BCUT2D eigenvalue weighted by Crippen LogP contribution is -2.35. The Kier molecular flexibility index (Phi) is 5.50. The monoisotopic (exact) mass is 292 g/mol. The van der Waals surface area contributed by atoms with E-state index in [0.29, 0.717) is 0 Å². The fourth-order valence-corrected chi connectivity index (χ4v) is 3.15. The SMILES string of the molecule is Cc1cc(CN(C)CC2CCCC2)oc1CNC(C)(C)C. The van der Waals surface area contributed by atoms with Crippen molar-refractivity contribution in [3.05, 3.63) is 23.2 Å². The summed E-state index contributed by atoms with van der Waals surface area (Å²) in [5.41, 5.74) is 1.38. The van der Waals surface area contributed by atoms with Gasteiger partial charge in [0.25, 0.3) is 0 Å². The molecular weight excluding hydrogens is 260 g/mol. The molecule has 120 valence electrons. The molecule has 0 saturated heterocycles. The Labute approximate surface area is 130 Å². The van der Waals surface area contributed by atoms with Crippen molar-refractivity contribution >= 4 is 0 Å². The third-order valence-corrected chi connectivity index (χ3v) is 4.32. The minimum absolute atomic E-state index is 0.124. The number of furan rings is 1. The summed E-state index contributed by atoms with van der Waals surface area (Å²) in [4.78, 5) is 2.41. The number of aryl methyl sites for hydroxylation is 1. The molecule has 0 amide bonds. The summed E-state index contributed by atoms with van der Waals surface area (Å²) in [6.07, 6.45) is 5.65. The molecule has 0 aliphatic heterocycles. The van der Waals surface area contributed by atoms with E-state index in [9.17, 15) is 0 Å². The first kappa shape index (κ1) is 16.6. The maximum Gasteiger partial charge on any atom is 0.120 e. The average Bonchev–Trinajstić information content (AvgIpc) is 2.96. The van der Waals surface area contributed by atoms with Crippen LogP contribution in [0.4, 0.5) is 0 Å². The van der Waals surface area contributed by atoms with Crippen LogP contribution in [0.2, 0.25) is 0 Å². The summed E-state index contributed by atoms with van der Waals surface area (Å²) >= 11 is 0. The Bertz CT molecular complexity index is 439. The van der Waals surface area contributed by atoms with Gasteiger partial charge in [-0.3, -0.25) is 4.90 Å². The Balaban J connectivity index is 1.85. The smallest absolute Gasteiger partial charge is 0.120 e. The number of nitrogens with zero attached hydrogens (tertiary/aromatic N) is 1. The van der Waals surface area contributed by atoms with Gasteiger partial charge in [0, 0.05) is 12.1 Å². The number of hydrogen-bond donors (Lipinski definition) is 1. The summed E-state index contributed by atoms with van der Waals surface area (Å²) in [6.45, 7) is 11.6. The van der Waals surface area contributed by atoms with Crippen LogP contribution >= 0.6 is 0 Å². The third-order valence-electron chi connectivity index (χ3n) is 4.32. The first-order chi connectivity index (χ1) is 9.83. The molecule has 0 radical (unpaired) electrons. The molecular formula is C18H32N2O. The van der Waals surface area contributed by atoms with Crippen molar-refractivity contribution in [3.63, 3.8) is 0 Å². The third kappa shape index (κ3) is 5.48. The van der Waals surface area contributed by atoms with Crippen molar-refractivity contribution in [3.8, 4) is 0 Å². The highest BCUT2D eigenvalue weighted by molar-refractivity contribution is 5.20. The second kappa shape index (κ2) is 6.97. The molecule has 1 N–H and O–H groups in total. The summed E-state index contributed by atoms with van der Waals surface area (Å²) < 4.78 is 6.04. The van der Waals surface area contributed by atoms with Gasteiger partial charge in [-0.1, -0.05) is 12.8 Å². The summed E-state index contributed by atoms with van der Waals surface area (Å²) in [7, 11) is 2.21. The van der Waals surface area contributed by atoms with Gasteiger partial charge < -0.3 is 9.73 Å². The van der Waals surface area contributed by atoms with E-state index in [2.05, 4.69) is 51.0 Å². The first-order valence-corrected chi connectivity index (χ1v) is 8.35. The largest absolute Gasteiger partial charge is 0.463 e. The minimum Gasteiger partial charge on any atom is -0.463 e. The second-order valence-electron chi connectivity index (χ2n) is 7.77. The minimum atomic E-state index is 0.124. The fourth-order valence-electron chi connectivity index (χ4n) is 3.15. The molecule has 0 spiro atoms. The van der Waals surface area contributed by atoms with Crippen molar-refractivity contribution in [2.24, 2.45) is 5.92 Å². The highest BCUT2D eigenvalue weighted by Gasteiger charge is 2.18. The Morgan fingerprint density at radius 3 is 2.57 bits per heavy atom. The molecule has 21 heavy (non-hydrogen) atoms. The molecule has 1 aromatic rings. The van der Waals surface area contributed by atoms with E-state index in [-0.39, 0.29) is 5.54 Å². The fraction of sp³-hybridized carbons (Fsp3) is 0.778. The summed E-state index contributed by atoms with van der Waals surface area (Å²) in [5.74, 6) is 3.07. The van der Waals surface area contributed by atoms with Crippen LogP contribution in [-0.2, 0) is 13.1 Å². The van der Waals surface area contributed by atoms with Gasteiger partial charge >= 0.3 is 0 Å². The zero-order valence-corrected chi connectivity index (χ0v) is 14.5. The topological polar surface area (TPSA) is 28.4 Å². The van der Waals surface area contributed by atoms with Gasteiger partial charge in [0.05, 0.1) is 13.1 Å². The molecule has 1 aromatic heterocycles. The van der Waals surface area contributed by atoms with Crippen molar-refractivity contribution < 1.29 is 4.42 Å². The van der Waals surface area contributed by atoms with E-state index in [0.717, 1.165) is 30.5 Å². The average molecular weight is 292 g/mol. The van der Waals surface area contributed by atoms with Gasteiger partial charge in [-0.05, 0) is 65.1 Å². The normalized spacial score (nSPS) is 17.0. The predicted molar refractivity (Wildman–Crippen MR) is 88.3 cm³/mol. The van der Waals surface area contributed by atoms with Crippen molar-refractivity contribution in [1.29, 1.82) is 0 Å². The van der Waals surface area contributed by atoms with Gasteiger partial charge in [0.15, 0.2) is 0 Å². The molecule has 1 saturated carbocycles. The van der Waals surface area contributed by atoms with Crippen LogP contribution in [-0.4, -0.2) is 24.0 Å². The lowest BCUT2D eigenvalue weighted by molar-refractivity contribution is 0.247. The summed E-state index contributed by atoms with van der Waals surface area (Å²) in [5, 5.41) is 3.50.